The molecule has 0 aliphatic rings. The summed E-state index contributed by atoms with van der Waals surface area (Å²) in [5.41, 5.74) is 0.937. The number of methoxy groups -OCH3 is 1. The van der Waals surface area contributed by atoms with Crippen LogP contribution in [0.2, 0.25) is 0 Å². The molecular formula is C13H15FO3. The molecule has 0 spiro atoms. The van der Waals surface area contributed by atoms with E-state index in [4.69, 9.17) is 9.47 Å². The first-order valence-electron chi connectivity index (χ1n) is 5.29. The van der Waals surface area contributed by atoms with Gasteiger partial charge in [0.2, 0.25) is 0 Å². The molecule has 1 aromatic rings. The number of hydrogen-bond acceptors (Lipinski definition) is 3. The Morgan fingerprint density at radius 1 is 1.35 bits per heavy atom. The van der Waals surface area contributed by atoms with Crippen molar-refractivity contribution in [2.45, 2.75) is 6.92 Å². The maximum atomic E-state index is 12.8. The Hall–Kier alpha value is -1.84. The summed E-state index contributed by atoms with van der Waals surface area (Å²) >= 11 is 0. The number of halogens is 1. The standard InChI is InChI=1S/C13H15FO3/c1-3-17-13(15)8-11(9-14)10-4-6-12(16-2)7-5-10/h4-8H,3,9H2,1-2H3/b11-8+. The topological polar surface area (TPSA) is 35.5 Å². The Labute approximate surface area is 99.9 Å². The molecular weight excluding hydrogens is 223 g/mol. The molecule has 0 radical (unpaired) electrons. The van der Waals surface area contributed by atoms with Gasteiger partial charge in [0.15, 0.2) is 0 Å². The summed E-state index contributed by atoms with van der Waals surface area (Å²) in [6.45, 7) is 1.26. The highest BCUT2D eigenvalue weighted by Gasteiger charge is 2.05. The molecule has 0 atom stereocenters. The zero-order valence-electron chi connectivity index (χ0n) is 9.90. The van der Waals surface area contributed by atoms with Gasteiger partial charge in [-0.05, 0) is 30.2 Å². The van der Waals surface area contributed by atoms with Crippen LogP contribution in [0.15, 0.2) is 30.3 Å². The minimum atomic E-state index is -0.717. The lowest BCUT2D eigenvalue weighted by Crippen LogP contribution is -2.01. The summed E-state index contributed by atoms with van der Waals surface area (Å²) < 4.78 is 22.6. The molecule has 1 aromatic carbocycles. The van der Waals surface area contributed by atoms with Crippen LogP contribution in [0.3, 0.4) is 0 Å². The molecule has 4 heteroatoms. The van der Waals surface area contributed by atoms with E-state index in [1.54, 1.807) is 38.3 Å². The normalized spacial score (nSPS) is 11.1. The summed E-state index contributed by atoms with van der Waals surface area (Å²) in [6, 6.07) is 6.82. The van der Waals surface area contributed by atoms with E-state index in [0.29, 0.717) is 16.9 Å². The third-order valence-electron chi connectivity index (χ3n) is 2.18. The van der Waals surface area contributed by atoms with Crippen LogP contribution in [0.25, 0.3) is 5.57 Å². The Kier molecular flexibility index (Phi) is 5.20. The molecule has 0 saturated carbocycles. The molecule has 1 rings (SSSR count). The van der Waals surface area contributed by atoms with Crippen molar-refractivity contribution in [3.05, 3.63) is 35.9 Å². The lowest BCUT2D eigenvalue weighted by atomic mass is 10.1. The SMILES string of the molecule is CCOC(=O)/C=C(\CF)c1ccc(OC)cc1. The van der Waals surface area contributed by atoms with Gasteiger partial charge in [0, 0.05) is 6.08 Å². The van der Waals surface area contributed by atoms with E-state index in [1.807, 2.05) is 0 Å². The van der Waals surface area contributed by atoms with Gasteiger partial charge in [-0.25, -0.2) is 9.18 Å². The van der Waals surface area contributed by atoms with E-state index in [2.05, 4.69) is 0 Å². The van der Waals surface area contributed by atoms with Crippen LogP contribution in [0.5, 0.6) is 5.75 Å². The van der Waals surface area contributed by atoms with Gasteiger partial charge < -0.3 is 9.47 Å². The van der Waals surface area contributed by atoms with E-state index in [-0.39, 0.29) is 6.61 Å². The predicted molar refractivity (Wildman–Crippen MR) is 63.6 cm³/mol. The van der Waals surface area contributed by atoms with Crippen LogP contribution in [-0.2, 0) is 9.53 Å². The molecule has 0 aromatic heterocycles. The number of rotatable bonds is 5. The van der Waals surface area contributed by atoms with Crippen molar-refractivity contribution in [1.29, 1.82) is 0 Å². The molecule has 0 fully saturated rings. The summed E-state index contributed by atoms with van der Waals surface area (Å²) in [5.74, 6) is 0.152. The highest BCUT2D eigenvalue weighted by molar-refractivity contribution is 5.91. The summed E-state index contributed by atoms with van der Waals surface area (Å²) in [4.78, 5) is 11.2. The van der Waals surface area contributed by atoms with Crippen LogP contribution in [0.4, 0.5) is 4.39 Å². The minimum Gasteiger partial charge on any atom is -0.497 e. The van der Waals surface area contributed by atoms with Gasteiger partial charge >= 0.3 is 5.97 Å². The fourth-order valence-electron chi connectivity index (χ4n) is 1.33. The van der Waals surface area contributed by atoms with Crippen molar-refractivity contribution in [2.75, 3.05) is 20.4 Å². The smallest absolute Gasteiger partial charge is 0.331 e. The van der Waals surface area contributed by atoms with Crippen LogP contribution in [0.1, 0.15) is 12.5 Å². The number of carbonyl (C=O) groups is 1. The number of allylic oxidation sites excluding steroid dienone is 1. The molecule has 0 saturated heterocycles. The Balaban J connectivity index is 2.89. The quantitative estimate of drug-likeness (QED) is 0.584. The van der Waals surface area contributed by atoms with Crippen molar-refractivity contribution < 1.29 is 18.7 Å². The van der Waals surface area contributed by atoms with E-state index >= 15 is 0 Å². The van der Waals surface area contributed by atoms with Crippen molar-refractivity contribution in [2.24, 2.45) is 0 Å². The molecule has 92 valence electrons. The van der Waals surface area contributed by atoms with E-state index in [1.165, 1.54) is 6.08 Å². The molecule has 0 bridgehead atoms. The highest BCUT2D eigenvalue weighted by Crippen LogP contribution is 2.19. The number of ether oxygens (including phenoxy) is 2. The summed E-state index contributed by atoms with van der Waals surface area (Å²) in [6.07, 6.45) is 1.17. The highest BCUT2D eigenvalue weighted by atomic mass is 19.1. The molecule has 0 unspecified atom stereocenters. The maximum absolute atomic E-state index is 12.8. The van der Waals surface area contributed by atoms with Gasteiger partial charge in [-0.2, -0.15) is 0 Å². The number of alkyl halides is 1. The van der Waals surface area contributed by atoms with Crippen molar-refractivity contribution in [1.82, 2.24) is 0 Å². The largest absolute Gasteiger partial charge is 0.497 e. The first-order valence-corrected chi connectivity index (χ1v) is 5.29. The number of hydrogen-bond donors (Lipinski definition) is 0. The van der Waals surface area contributed by atoms with Crippen LogP contribution in [-0.4, -0.2) is 26.4 Å². The van der Waals surface area contributed by atoms with Gasteiger partial charge in [0.05, 0.1) is 13.7 Å². The third kappa shape index (κ3) is 3.90. The van der Waals surface area contributed by atoms with Crippen molar-refractivity contribution >= 4 is 11.5 Å². The van der Waals surface area contributed by atoms with Crippen LogP contribution < -0.4 is 4.74 Å². The van der Waals surface area contributed by atoms with E-state index in [0.717, 1.165) is 0 Å². The molecule has 0 heterocycles. The van der Waals surface area contributed by atoms with E-state index in [9.17, 15) is 9.18 Å². The molecule has 0 aliphatic carbocycles. The summed E-state index contributed by atoms with van der Waals surface area (Å²) in [5, 5.41) is 0. The predicted octanol–water partition coefficient (Wildman–Crippen LogP) is 2.61. The zero-order chi connectivity index (χ0) is 12.7. The third-order valence-corrected chi connectivity index (χ3v) is 2.18. The molecule has 17 heavy (non-hydrogen) atoms. The van der Waals surface area contributed by atoms with Crippen LogP contribution >= 0.6 is 0 Å². The zero-order valence-corrected chi connectivity index (χ0v) is 9.90. The minimum absolute atomic E-state index is 0.275. The molecule has 0 aliphatic heterocycles. The van der Waals surface area contributed by atoms with Gasteiger partial charge in [0.1, 0.15) is 12.4 Å². The number of carbonyl (C=O) groups excluding carboxylic acids is 1. The Morgan fingerprint density at radius 2 is 2.00 bits per heavy atom. The summed E-state index contributed by atoms with van der Waals surface area (Å²) in [7, 11) is 1.56. The van der Waals surface area contributed by atoms with Gasteiger partial charge in [-0.1, -0.05) is 12.1 Å². The second kappa shape index (κ2) is 6.68. The number of benzene rings is 1. The second-order valence-corrected chi connectivity index (χ2v) is 3.28. The fraction of sp³-hybridized carbons (Fsp3) is 0.308. The lowest BCUT2D eigenvalue weighted by molar-refractivity contribution is -0.137. The maximum Gasteiger partial charge on any atom is 0.331 e. The molecule has 0 N–H and O–H groups in total. The second-order valence-electron chi connectivity index (χ2n) is 3.28. The average Bonchev–Trinajstić information content (AvgIpc) is 2.36. The van der Waals surface area contributed by atoms with E-state index < -0.39 is 12.6 Å². The van der Waals surface area contributed by atoms with Gasteiger partial charge in [0.25, 0.3) is 0 Å². The Bertz CT molecular complexity index is 396. The first kappa shape index (κ1) is 13.2. The molecule has 0 amide bonds. The average molecular weight is 238 g/mol. The number of esters is 1. The van der Waals surface area contributed by atoms with Gasteiger partial charge in [-0.3, -0.25) is 0 Å². The first-order chi connectivity index (χ1) is 8.21. The van der Waals surface area contributed by atoms with Crippen molar-refractivity contribution in [3.8, 4) is 5.75 Å². The molecule has 3 nitrogen and oxygen atoms in total. The lowest BCUT2D eigenvalue weighted by Gasteiger charge is -2.05. The monoisotopic (exact) mass is 238 g/mol. The van der Waals surface area contributed by atoms with Crippen LogP contribution in [0, 0.1) is 0 Å². The fourth-order valence-corrected chi connectivity index (χ4v) is 1.33. The van der Waals surface area contributed by atoms with Crippen molar-refractivity contribution in [3.63, 3.8) is 0 Å². The van der Waals surface area contributed by atoms with Gasteiger partial charge in [-0.15, -0.1) is 0 Å². The Morgan fingerprint density at radius 3 is 2.47 bits per heavy atom.